The van der Waals surface area contributed by atoms with E-state index >= 15 is 0 Å². The van der Waals surface area contributed by atoms with E-state index in [1.807, 2.05) is 32.0 Å². The Kier molecular flexibility index (Phi) is 4.76. The van der Waals surface area contributed by atoms with Gasteiger partial charge in [0.2, 0.25) is 0 Å². The van der Waals surface area contributed by atoms with Gasteiger partial charge < -0.3 is 9.84 Å². The molecule has 0 saturated carbocycles. The predicted octanol–water partition coefficient (Wildman–Crippen LogP) is 3.13. The number of rotatable bonds is 6. The van der Waals surface area contributed by atoms with Crippen LogP contribution in [0.2, 0.25) is 0 Å². The van der Waals surface area contributed by atoms with Crippen LogP contribution in [-0.2, 0) is 11.2 Å². The molecule has 1 N–H and O–H groups in total. The van der Waals surface area contributed by atoms with Gasteiger partial charge in [-0.2, -0.15) is 0 Å². The molecule has 0 fully saturated rings. The average molecular weight is 234 g/mol. The molecule has 1 aromatic rings. The molecule has 0 heterocycles. The third-order valence-corrected chi connectivity index (χ3v) is 2.32. The van der Waals surface area contributed by atoms with Crippen LogP contribution in [0.1, 0.15) is 31.4 Å². The number of aliphatic carboxylic acids is 1. The van der Waals surface area contributed by atoms with Crippen LogP contribution in [0.4, 0.5) is 0 Å². The van der Waals surface area contributed by atoms with Crippen LogP contribution in [0.25, 0.3) is 6.08 Å². The first-order chi connectivity index (χ1) is 8.02. The van der Waals surface area contributed by atoms with E-state index in [0.29, 0.717) is 6.42 Å². The Morgan fingerprint density at radius 2 is 2.24 bits per heavy atom. The molecule has 0 radical (unpaired) electrons. The average Bonchev–Trinajstić information content (AvgIpc) is 2.26. The van der Waals surface area contributed by atoms with E-state index in [4.69, 9.17) is 9.84 Å². The molecule has 3 nitrogen and oxygen atoms in total. The lowest BCUT2D eigenvalue weighted by Crippen LogP contribution is -2.06. The fourth-order valence-corrected chi connectivity index (χ4v) is 1.58. The van der Waals surface area contributed by atoms with Crippen LogP contribution in [0.15, 0.2) is 24.8 Å². The summed E-state index contributed by atoms with van der Waals surface area (Å²) in [6, 6.07) is 5.66. The largest absolute Gasteiger partial charge is 0.491 e. The molecular weight excluding hydrogens is 216 g/mol. The molecule has 0 spiro atoms. The smallest absolute Gasteiger partial charge is 0.303 e. The van der Waals surface area contributed by atoms with Crippen molar-refractivity contribution in [3.05, 3.63) is 35.9 Å². The first kappa shape index (κ1) is 13.3. The van der Waals surface area contributed by atoms with Crippen LogP contribution in [0.3, 0.4) is 0 Å². The molecule has 0 amide bonds. The first-order valence-corrected chi connectivity index (χ1v) is 5.66. The van der Waals surface area contributed by atoms with Crippen molar-refractivity contribution in [1.82, 2.24) is 0 Å². The Morgan fingerprint density at radius 1 is 1.53 bits per heavy atom. The molecular formula is C14H18O3. The van der Waals surface area contributed by atoms with E-state index in [-0.39, 0.29) is 12.5 Å². The Bertz CT molecular complexity index is 408. The highest BCUT2D eigenvalue weighted by molar-refractivity contribution is 5.67. The Hall–Kier alpha value is -1.77. The number of hydrogen-bond donors (Lipinski definition) is 1. The van der Waals surface area contributed by atoms with Gasteiger partial charge in [-0.15, -0.1) is 0 Å². The molecule has 1 aromatic carbocycles. The Morgan fingerprint density at radius 3 is 2.76 bits per heavy atom. The van der Waals surface area contributed by atoms with Gasteiger partial charge in [-0.25, -0.2) is 0 Å². The number of hydrogen-bond acceptors (Lipinski definition) is 2. The first-order valence-electron chi connectivity index (χ1n) is 5.66. The molecule has 0 atom stereocenters. The number of benzene rings is 1. The fraction of sp³-hybridized carbons (Fsp3) is 0.357. The van der Waals surface area contributed by atoms with Gasteiger partial charge in [0.25, 0.3) is 0 Å². The maximum atomic E-state index is 10.5. The number of carboxylic acids is 1. The van der Waals surface area contributed by atoms with E-state index in [9.17, 15) is 4.79 Å². The standard InChI is InChI=1S/C14H18O3/c1-4-11-9-13(17-10(2)3)7-5-12(11)6-8-14(15)16/h4-5,7,9-10H,1,6,8H2,2-3H3,(H,15,16). The zero-order valence-electron chi connectivity index (χ0n) is 10.3. The molecule has 17 heavy (non-hydrogen) atoms. The minimum atomic E-state index is -0.789. The van der Waals surface area contributed by atoms with Gasteiger partial charge in [-0.05, 0) is 43.5 Å². The molecule has 0 bridgehead atoms. The molecule has 92 valence electrons. The second-order valence-corrected chi connectivity index (χ2v) is 4.13. The van der Waals surface area contributed by atoms with Gasteiger partial charge in [0.15, 0.2) is 0 Å². The van der Waals surface area contributed by atoms with Crippen molar-refractivity contribution < 1.29 is 14.6 Å². The van der Waals surface area contributed by atoms with Crippen LogP contribution in [-0.4, -0.2) is 17.2 Å². The summed E-state index contributed by atoms with van der Waals surface area (Å²) >= 11 is 0. The van der Waals surface area contributed by atoms with Gasteiger partial charge in [-0.3, -0.25) is 4.79 Å². The van der Waals surface area contributed by atoms with Crippen LogP contribution >= 0.6 is 0 Å². The number of carbonyl (C=O) groups is 1. The molecule has 3 heteroatoms. The highest BCUT2D eigenvalue weighted by Gasteiger charge is 2.05. The molecule has 0 aliphatic heterocycles. The molecule has 0 aromatic heterocycles. The SMILES string of the molecule is C=Cc1cc(OC(C)C)ccc1CCC(=O)O. The summed E-state index contributed by atoms with van der Waals surface area (Å²) in [6.45, 7) is 7.66. The summed E-state index contributed by atoms with van der Waals surface area (Å²) in [5, 5.41) is 8.66. The summed E-state index contributed by atoms with van der Waals surface area (Å²) in [6.07, 6.45) is 2.49. The fourth-order valence-electron chi connectivity index (χ4n) is 1.58. The highest BCUT2D eigenvalue weighted by Crippen LogP contribution is 2.21. The van der Waals surface area contributed by atoms with Crippen molar-refractivity contribution in [2.45, 2.75) is 32.8 Å². The molecule has 0 aliphatic rings. The molecule has 0 aliphatic carbocycles. The summed E-state index contributed by atoms with van der Waals surface area (Å²) < 4.78 is 5.57. The maximum absolute atomic E-state index is 10.5. The van der Waals surface area contributed by atoms with Crippen molar-refractivity contribution in [2.24, 2.45) is 0 Å². The van der Waals surface area contributed by atoms with E-state index < -0.39 is 5.97 Å². The lowest BCUT2D eigenvalue weighted by molar-refractivity contribution is -0.136. The van der Waals surface area contributed by atoms with Crippen molar-refractivity contribution >= 4 is 12.0 Å². The van der Waals surface area contributed by atoms with Gasteiger partial charge in [0, 0.05) is 6.42 Å². The van der Waals surface area contributed by atoms with Gasteiger partial charge in [-0.1, -0.05) is 18.7 Å². The monoisotopic (exact) mass is 234 g/mol. The van der Waals surface area contributed by atoms with Gasteiger partial charge in [0.1, 0.15) is 5.75 Å². The maximum Gasteiger partial charge on any atom is 0.303 e. The number of carboxylic acid groups (broad SMARTS) is 1. The minimum absolute atomic E-state index is 0.123. The van der Waals surface area contributed by atoms with Crippen LogP contribution in [0, 0.1) is 0 Å². The van der Waals surface area contributed by atoms with Gasteiger partial charge >= 0.3 is 5.97 Å². The second kappa shape index (κ2) is 6.09. The lowest BCUT2D eigenvalue weighted by Gasteiger charge is -2.12. The second-order valence-electron chi connectivity index (χ2n) is 4.13. The van der Waals surface area contributed by atoms with Gasteiger partial charge in [0.05, 0.1) is 6.10 Å². The van der Waals surface area contributed by atoms with E-state index in [1.165, 1.54) is 0 Å². The quantitative estimate of drug-likeness (QED) is 0.822. The van der Waals surface area contributed by atoms with E-state index in [1.54, 1.807) is 6.08 Å². The van der Waals surface area contributed by atoms with Crippen molar-refractivity contribution in [3.8, 4) is 5.75 Å². The van der Waals surface area contributed by atoms with E-state index in [2.05, 4.69) is 6.58 Å². The zero-order chi connectivity index (χ0) is 12.8. The van der Waals surface area contributed by atoms with Crippen molar-refractivity contribution in [2.75, 3.05) is 0 Å². The normalized spacial score (nSPS) is 10.3. The zero-order valence-corrected chi connectivity index (χ0v) is 10.3. The summed E-state index contributed by atoms with van der Waals surface area (Å²) in [7, 11) is 0. The number of aryl methyl sites for hydroxylation is 1. The third-order valence-electron chi connectivity index (χ3n) is 2.32. The third kappa shape index (κ3) is 4.31. The highest BCUT2D eigenvalue weighted by atomic mass is 16.5. The van der Waals surface area contributed by atoms with E-state index in [0.717, 1.165) is 16.9 Å². The molecule has 1 rings (SSSR count). The van der Waals surface area contributed by atoms with Crippen LogP contribution in [0.5, 0.6) is 5.75 Å². The molecule has 0 unspecified atom stereocenters. The summed E-state index contributed by atoms with van der Waals surface area (Å²) in [4.78, 5) is 10.5. The van der Waals surface area contributed by atoms with Crippen molar-refractivity contribution in [1.29, 1.82) is 0 Å². The minimum Gasteiger partial charge on any atom is -0.491 e. The molecule has 0 saturated heterocycles. The van der Waals surface area contributed by atoms with Crippen LogP contribution < -0.4 is 4.74 Å². The summed E-state index contributed by atoms with van der Waals surface area (Å²) in [5.41, 5.74) is 1.92. The van der Waals surface area contributed by atoms with Crippen molar-refractivity contribution in [3.63, 3.8) is 0 Å². The lowest BCUT2D eigenvalue weighted by atomic mass is 10.0. The Labute approximate surface area is 102 Å². The topological polar surface area (TPSA) is 46.5 Å². The summed E-state index contributed by atoms with van der Waals surface area (Å²) in [5.74, 6) is -0.00325. The Balaban J connectivity index is 2.85. The number of ether oxygens (including phenoxy) is 1. The predicted molar refractivity (Wildman–Crippen MR) is 68.3 cm³/mol.